The van der Waals surface area contributed by atoms with Crippen LogP contribution in [-0.2, 0) is 0 Å². The van der Waals surface area contributed by atoms with Gasteiger partial charge in [0.25, 0.3) is 0 Å². The van der Waals surface area contributed by atoms with Gasteiger partial charge >= 0.3 is 0 Å². The molecule has 0 amide bonds. The second-order valence-corrected chi connectivity index (χ2v) is 2.35. The molecular formula is C7H7ClN2. The highest BCUT2D eigenvalue weighted by Gasteiger charge is 1.94. The predicted molar refractivity (Wildman–Crippen MR) is 43.8 cm³/mol. The van der Waals surface area contributed by atoms with Gasteiger partial charge in [-0.1, -0.05) is 11.6 Å². The van der Waals surface area contributed by atoms with Gasteiger partial charge in [-0.25, -0.2) is 0 Å². The van der Waals surface area contributed by atoms with Crippen LogP contribution in [0.15, 0.2) is 18.2 Å². The number of hydrogen-bond donors (Lipinski definition) is 2. The molecule has 0 heterocycles. The number of anilines is 1. The normalized spacial score (nSPS) is 9.30. The summed E-state index contributed by atoms with van der Waals surface area (Å²) >= 11 is 5.62. The molecule has 1 aromatic rings. The lowest BCUT2D eigenvalue weighted by Crippen LogP contribution is -1.91. The van der Waals surface area contributed by atoms with Gasteiger partial charge in [0.2, 0.25) is 0 Å². The molecule has 0 unspecified atom stereocenters. The van der Waals surface area contributed by atoms with Gasteiger partial charge in [0.15, 0.2) is 0 Å². The highest BCUT2D eigenvalue weighted by atomic mass is 35.5. The third-order valence-electron chi connectivity index (χ3n) is 1.20. The largest absolute Gasteiger partial charge is 0.398 e. The van der Waals surface area contributed by atoms with E-state index in [0.717, 1.165) is 0 Å². The fourth-order valence-electron chi connectivity index (χ4n) is 0.677. The number of nitrogens with two attached hydrogens (primary N) is 1. The molecule has 3 N–H and O–H groups in total. The van der Waals surface area contributed by atoms with Gasteiger partial charge in [0.1, 0.15) is 0 Å². The zero-order valence-corrected chi connectivity index (χ0v) is 6.02. The van der Waals surface area contributed by atoms with Crippen molar-refractivity contribution in [3.05, 3.63) is 28.8 Å². The number of hydrogen-bond acceptors (Lipinski definition) is 2. The molecule has 0 aliphatic heterocycles. The van der Waals surface area contributed by atoms with Crippen LogP contribution in [0, 0.1) is 5.41 Å². The van der Waals surface area contributed by atoms with E-state index in [1.165, 1.54) is 6.21 Å². The van der Waals surface area contributed by atoms with Gasteiger partial charge in [-0.05, 0) is 18.2 Å². The first-order valence-corrected chi connectivity index (χ1v) is 3.17. The minimum absolute atomic E-state index is 0.544. The fourth-order valence-corrected chi connectivity index (χ4v) is 0.858. The number of rotatable bonds is 1. The molecule has 2 nitrogen and oxygen atoms in total. The number of nitrogens with one attached hydrogen (secondary N) is 1. The summed E-state index contributed by atoms with van der Waals surface area (Å²) in [7, 11) is 0. The van der Waals surface area contributed by atoms with E-state index >= 15 is 0 Å². The first-order valence-electron chi connectivity index (χ1n) is 2.79. The summed E-state index contributed by atoms with van der Waals surface area (Å²) in [5.74, 6) is 0. The van der Waals surface area contributed by atoms with Crippen molar-refractivity contribution in [2.24, 2.45) is 0 Å². The van der Waals surface area contributed by atoms with Gasteiger partial charge in [0.05, 0.1) is 0 Å². The van der Waals surface area contributed by atoms with Crippen LogP contribution < -0.4 is 5.73 Å². The highest BCUT2D eigenvalue weighted by Crippen LogP contribution is 2.15. The van der Waals surface area contributed by atoms with Crippen LogP contribution in [0.5, 0.6) is 0 Å². The quantitative estimate of drug-likeness (QED) is 0.471. The Morgan fingerprint density at radius 3 is 2.70 bits per heavy atom. The second-order valence-electron chi connectivity index (χ2n) is 1.92. The Bertz CT molecular complexity index is 258. The third kappa shape index (κ3) is 1.28. The molecule has 0 fully saturated rings. The zero-order chi connectivity index (χ0) is 7.56. The summed E-state index contributed by atoms with van der Waals surface area (Å²) in [6.45, 7) is 0. The summed E-state index contributed by atoms with van der Waals surface area (Å²) in [6.07, 6.45) is 1.20. The Morgan fingerprint density at radius 2 is 2.20 bits per heavy atom. The van der Waals surface area contributed by atoms with Crippen LogP contribution in [-0.4, -0.2) is 6.21 Å². The number of halogens is 1. The molecule has 0 atom stereocenters. The molecule has 0 spiro atoms. The number of benzene rings is 1. The minimum atomic E-state index is 0.544. The highest BCUT2D eigenvalue weighted by molar-refractivity contribution is 6.31. The Balaban J connectivity index is 3.19. The molecule has 0 aliphatic rings. The van der Waals surface area contributed by atoms with Crippen molar-refractivity contribution < 1.29 is 0 Å². The van der Waals surface area contributed by atoms with Crippen molar-refractivity contribution in [2.45, 2.75) is 0 Å². The van der Waals surface area contributed by atoms with Crippen LogP contribution >= 0.6 is 11.6 Å². The maximum atomic E-state index is 6.91. The van der Waals surface area contributed by atoms with Crippen molar-refractivity contribution in [1.29, 1.82) is 5.41 Å². The van der Waals surface area contributed by atoms with E-state index in [9.17, 15) is 0 Å². The summed E-state index contributed by atoms with van der Waals surface area (Å²) in [4.78, 5) is 0. The zero-order valence-electron chi connectivity index (χ0n) is 5.26. The molecule has 0 radical (unpaired) electrons. The van der Waals surface area contributed by atoms with E-state index in [1.807, 2.05) is 0 Å². The first-order chi connectivity index (χ1) is 4.74. The molecule has 1 aromatic carbocycles. The van der Waals surface area contributed by atoms with Crippen LogP contribution in [0.1, 0.15) is 5.56 Å². The molecule has 3 heteroatoms. The summed E-state index contributed by atoms with van der Waals surface area (Å²) in [5.41, 5.74) is 6.74. The topological polar surface area (TPSA) is 49.9 Å². The minimum Gasteiger partial charge on any atom is -0.398 e. The molecule has 0 saturated carbocycles. The SMILES string of the molecule is N=Cc1ccc(Cl)cc1N. The molecular weight excluding hydrogens is 148 g/mol. The van der Waals surface area contributed by atoms with Gasteiger partial charge in [-0.3, -0.25) is 0 Å². The lowest BCUT2D eigenvalue weighted by Gasteiger charge is -1.97. The molecule has 0 aromatic heterocycles. The van der Waals surface area contributed by atoms with Crippen molar-refractivity contribution in [2.75, 3.05) is 5.73 Å². The van der Waals surface area contributed by atoms with Crippen molar-refractivity contribution in [1.82, 2.24) is 0 Å². The molecule has 0 aliphatic carbocycles. The van der Waals surface area contributed by atoms with Crippen LogP contribution in [0.25, 0.3) is 0 Å². The third-order valence-corrected chi connectivity index (χ3v) is 1.44. The molecule has 0 saturated heterocycles. The van der Waals surface area contributed by atoms with Gasteiger partial charge in [0, 0.05) is 22.5 Å². The van der Waals surface area contributed by atoms with Crippen LogP contribution in [0.2, 0.25) is 5.02 Å². The standard InChI is InChI=1S/C7H7ClN2/c8-6-2-1-5(4-9)7(10)3-6/h1-4,9H,10H2. The lowest BCUT2D eigenvalue weighted by molar-refractivity contribution is 1.54. The second kappa shape index (κ2) is 2.71. The molecule has 1 rings (SSSR count). The van der Waals surface area contributed by atoms with Crippen LogP contribution in [0.3, 0.4) is 0 Å². The average Bonchev–Trinajstić information content (AvgIpc) is 1.88. The van der Waals surface area contributed by atoms with E-state index in [2.05, 4.69) is 0 Å². The Kier molecular flexibility index (Phi) is 1.92. The van der Waals surface area contributed by atoms with E-state index in [-0.39, 0.29) is 0 Å². The van der Waals surface area contributed by atoms with E-state index < -0.39 is 0 Å². The molecule has 52 valence electrons. The Labute approximate surface area is 64.1 Å². The molecule has 10 heavy (non-hydrogen) atoms. The smallest absolute Gasteiger partial charge is 0.0426 e. The van der Waals surface area contributed by atoms with Crippen molar-refractivity contribution in [3.8, 4) is 0 Å². The summed E-state index contributed by atoms with van der Waals surface area (Å²) < 4.78 is 0. The summed E-state index contributed by atoms with van der Waals surface area (Å²) in [6, 6.07) is 5.05. The number of nitrogen functional groups attached to an aromatic ring is 1. The average molecular weight is 155 g/mol. The first kappa shape index (κ1) is 7.09. The van der Waals surface area contributed by atoms with E-state index in [1.54, 1.807) is 18.2 Å². The lowest BCUT2D eigenvalue weighted by atomic mass is 10.2. The maximum absolute atomic E-state index is 6.91. The van der Waals surface area contributed by atoms with E-state index in [0.29, 0.717) is 16.3 Å². The predicted octanol–water partition coefficient (Wildman–Crippen LogP) is 1.92. The van der Waals surface area contributed by atoms with Gasteiger partial charge in [-0.2, -0.15) is 0 Å². The Morgan fingerprint density at radius 1 is 1.50 bits per heavy atom. The maximum Gasteiger partial charge on any atom is 0.0426 e. The van der Waals surface area contributed by atoms with Gasteiger partial charge in [-0.15, -0.1) is 0 Å². The Hall–Kier alpha value is -1.02. The fraction of sp³-hybridized carbons (Fsp3) is 0. The van der Waals surface area contributed by atoms with Crippen molar-refractivity contribution in [3.63, 3.8) is 0 Å². The van der Waals surface area contributed by atoms with E-state index in [4.69, 9.17) is 22.7 Å². The monoisotopic (exact) mass is 154 g/mol. The van der Waals surface area contributed by atoms with Gasteiger partial charge < -0.3 is 11.1 Å². The molecule has 0 bridgehead atoms. The van der Waals surface area contributed by atoms with Crippen LogP contribution in [0.4, 0.5) is 5.69 Å². The summed E-state index contributed by atoms with van der Waals surface area (Å²) in [5, 5.41) is 7.51. The van der Waals surface area contributed by atoms with Crippen molar-refractivity contribution >= 4 is 23.5 Å².